The van der Waals surface area contributed by atoms with Crippen molar-refractivity contribution in [1.29, 1.82) is 0 Å². The van der Waals surface area contributed by atoms with Crippen molar-refractivity contribution in [2.24, 2.45) is 0 Å². The molecule has 3 heteroatoms. The first-order valence-corrected chi connectivity index (χ1v) is 7.48. The van der Waals surface area contributed by atoms with E-state index in [9.17, 15) is 0 Å². The number of hydrogen-bond donors (Lipinski definition) is 2. The molecule has 0 radical (unpaired) electrons. The molecular formula is C18H37NORu. The van der Waals surface area contributed by atoms with E-state index in [1.54, 1.807) is 0 Å². The number of aliphatic hydroxyl groups is 1. The van der Waals surface area contributed by atoms with Gasteiger partial charge in [-0.1, -0.05) is 6.92 Å². The van der Waals surface area contributed by atoms with Crippen molar-refractivity contribution in [1.82, 2.24) is 5.32 Å². The third-order valence-corrected chi connectivity index (χ3v) is 4.43. The summed E-state index contributed by atoms with van der Waals surface area (Å²) in [6, 6.07) is 0. The average molecular weight is 385 g/mol. The summed E-state index contributed by atoms with van der Waals surface area (Å²) in [7, 11) is 0. The molecule has 21 heavy (non-hydrogen) atoms. The predicted molar refractivity (Wildman–Crippen MR) is 94.2 cm³/mol. The zero-order valence-electron chi connectivity index (χ0n) is 19.2. The van der Waals surface area contributed by atoms with Crippen LogP contribution in [-0.2, 0) is 19.5 Å². The maximum absolute atomic E-state index is 8.66. The number of aliphatic hydroxyl groups excluding tert-OH is 1. The number of rotatable bonds is 3. The topological polar surface area (TPSA) is 32.3 Å². The standard InChI is InChI=1S/C12H18.C6H15NO.Ru.4H/c1-7-8(2)10(4)12(6)11(5)9(7)3;1-4-7-6(2,3)5-8;;;;;/h1-6H3;7-8H,4-5H2,1-3H3;;;;;/q;;+4;4*-1. The Hall–Kier alpha value is -0.237. The molecule has 1 rings (SSSR count). The molecule has 0 aromatic heterocycles. The Labute approximate surface area is 150 Å². The first kappa shape index (κ1) is 23.0. The Morgan fingerprint density at radius 2 is 1.05 bits per heavy atom. The van der Waals surface area contributed by atoms with E-state index in [-0.39, 0.29) is 37.3 Å². The molecule has 0 unspecified atom stereocenters. The van der Waals surface area contributed by atoms with Gasteiger partial charge < -0.3 is 16.1 Å². The van der Waals surface area contributed by atoms with E-state index < -0.39 is 0 Å². The summed E-state index contributed by atoms with van der Waals surface area (Å²) < 4.78 is 0. The second-order valence-electron chi connectivity index (χ2n) is 6.32. The largest absolute Gasteiger partial charge is 4.00 e. The van der Waals surface area contributed by atoms with Crippen LogP contribution in [0.25, 0.3) is 0 Å². The van der Waals surface area contributed by atoms with Gasteiger partial charge in [0.05, 0.1) is 6.61 Å². The van der Waals surface area contributed by atoms with Crippen LogP contribution < -0.4 is 5.32 Å². The van der Waals surface area contributed by atoms with Gasteiger partial charge in [0.2, 0.25) is 0 Å². The minimum Gasteiger partial charge on any atom is -1.00 e. The van der Waals surface area contributed by atoms with Crippen molar-refractivity contribution < 1.29 is 30.3 Å². The van der Waals surface area contributed by atoms with Gasteiger partial charge >= 0.3 is 19.5 Å². The molecule has 128 valence electrons. The van der Waals surface area contributed by atoms with Crippen molar-refractivity contribution in [3.05, 3.63) is 33.4 Å². The molecule has 1 aromatic carbocycles. The zero-order chi connectivity index (χ0) is 16.1. The Bertz CT molecular complexity index is 364. The van der Waals surface area contributed by atoms with Crippen LogP contribution in [0.15, 0.2) is 0 Å². The van der Waals surface area contributed by atoms with Crippen molar-refractivity contribution in [2.75, 3.05) is 13.2 Å². The SMILES string of the molecule is CCNC(C)(C)CO.Cc1c(C)c(C)c(C)c(C)c1C.[H-].[H-].[H-].[H-].[Ru+4]. The quantitative estimate of drug-likeness (QED) is 0.760. The second kappa shape index (κ2) is 9.71. The summed E-state index contributed by atoms with van der Waals surface area (Å²) in [5.74, 6) is 0. The van der Waals surface area contributed by atoms with Gasteiger partial charge in [0.1, 0.15) is 0 Å². The molecule has 0 saturated heterocycles. The van der Waals surface area contributed by atoms with Crippen molar-refractivity contribution >= 4 is 0 Å². The molecule has 0 fully saturated rings. The van der Waals surface area contributed by atoms with Gasteiger partial charge in [-0.15, -0.1) is 0 Å². The summed E-state index contributed by atoms with van der Waals surface area (Å²) in [6.45, 7) is 20.3. The molecule has 0 saturated carbocycles. The molecule has 1 aromatic rings. The molecular weight excluding hydrogens is 347 g/mol. The van der Waals surface area contributed by atoms with Crippen LogP contribution in [0.5, 0.6) is 0 Å². The van der Waals surface area contributed by atoms with E-state index in [1.807, 2.05) is 20.8 Å². The number of nitrogens with one attached hydrogen (secondary N) is 1. The minimum atomic E-state index is -0.102. The van der Waals surface area contributed by atoms with Crippen LogP contribution in [-0.4, -0.2) is 23.8 Å². The molecule has 0 aliphatic carbocycles. The van der Waals surface area contributed by atoms with Crippen molar-refractivity contribution in [3.63, 3.8) is 0 Å². The Morgan fingerprint density at radius 3 is 1.14 bits per heavy atom. The van der Waals surface area contributed by atoms with Gasteiger partial charge in [-0.25, -0.2) is 0 Å². The van der Waals surface area contributed by atoms with E-state index in [1.165, 1.54) is 33.4 Å². The van der Waals surface area contributed by atoms with Crippen LogP contribution in [0, 0.1) is 41.5 Å². The average Bonchev–Trinajstić information content (AvgIpc) is 2.41. The van der Waals surface area contributed by atoms with E-state index in [2.05, 4.69) is 46.9 Å². The van der Waals surface area contributed by atoms with Crippen LogP contribution >= 0.6 is 0 Å². The second-order valence-corrected chi connectivity index (χ2v) is 6.32. The molecule has 2 nitrogen and oxygen atoms in total. The normalized spacial score (nSPS) is 10.6. The fourth-order valence-corrected chi connectivity index (χ4v) is 2.22. The first-order valence-electron chi connectivity index (χ1n) is 7.48. The van der Waals surface area contributed by atoms with Gasteiger partial charge in [0.15, 0.2) is 0 Å². The predicted octanol–water partition coefficient (Wildman–Crippen LogP) is 4.35. The Kier molecular flexibility index (Phi) is 10.7. The van der Waals surface area contributed by atoms with Gasteiger partial charge in [0.25, 0.3) is 0 Å². The molecule has 2 N–H and O–H groups in total. The summed E-state index contributed by atoms with van der Waals surface area (Å²) in [5.41, 5.74) is 8.62. The van der Waals surface area contributed by atoms with E-state index in [0.717, 1.165) is 6.54 Å². The molecule has 0 heterocycles. The third kappa shape index (κ3) is 6.59. The van der Waals surface area contributed by atoms with Crippen molar-refractivity contribution in [3.8, 4) is 0 Å². The fraction of sp³-hybridized carbons (Fsp3) is 0.667. The monoisotopic (exact) mass is 385 g/mol. The van der Waals surface area contributed by atoms with Gasteiger partial charge in [-0.3, -0.25) is 0 Å². The van der Waals surface area contributed by atoms with Gasteiger partial charge in [0, 0.05) is 5.54 Å². The molecule has 0 aliphatic heterocycles. The van der Waals surface area contributed by atoms with Gasteiger partial charge in [-0.2, -0.15) is 0 Å². The molecule has 0 spiro atoms. The van der Waals surface area contributed by atoms with Crippen LogP contribution in [0.2, 0.25) is 0 Å². The zero-order valence-corrected chi connectivity index (χ0v) is 17.0. The molecule has 0 atom stereocenters. The molecule has 0 aliphatic rings. The van der Waals surface area contributed by atoms with Crippen LogP contribution in [0.4, 0.5) is 0 Å². The Morgan fingerprint density at radius 1 is 0.810 bits per heavy atom. The number of benzene rings is 1. The van der Waals surface area contributed by atoms with Crippen LogP contribution in [0.1, 0.15) is 59.9 Å². The fourth-order valence-electron chi connectivity index (χ4n) is 2.22. The number of likely N-dealkylation sites (N-methyl/N-ethyl adjacent to an activating group) is 1. The third-order valence-electron chi connectivity index (χ3n) is 4.43. The van der Waals surface area contributed by atoms with E-state index in [4.69, 9.17) is 5.11 Å². The van der Waals surface area contributed by atoms with Crippen LogP contribution in [0.3, 0.4) is 0 Å². The minimum absolute atomic E-state index is 0. The summed E-state index contributed by atoms with van der Waals surface area (Å²) in [6.07, 6.45) is 0. The Balaban J connectivity index is -0.0000000634. The number of hydrogen-bond acceptors (Lipinski definition) is 2. The van der Waals surface area contributed by atoms with Crippen molar-refractivity contribution in [2.45, 2.75) is 67.9 Å². The smallest absolute Gasteiger partial charge is 1.00 e. The summed E-state index contributed by atoms with van der Waals surface area (Å²) >= 11 is 0. The first-order chi connectivity index (χ1) is 9.09. The molecule has 0 bridgehead atoms. The van der Waals surface area contributed by atoms with E-state index in [0.29, 0.717) is 0 Å². The summed E-state index contributed by atoms with van der Waals surface area (Å²) in [5, 5.41) is 11.8. The molecule has 0 amide bonds. The maximum Gasteiger partial charge on any atom is 4.00 e. The summed E-state index contributed by atoms with van der Waals surface area (Å²) in [4.78, 5) is 0. The van der Waals surface area contributed by atoms with Gasteiger partial charge in [-0.05, 0) is 95.3 Å². The maximum atomic E-state index is 8.66. The van der Waals surface area contributed by atoms with E-state index >= 15 is 0 Å².